The summed E-state index contributed by atoms with van der Waals surface area (Å²) in [5.74, 6) is -0.155. The van der Waals surface area contributed by atoms with E-state index in [-0.39, 0.29) is 24.3 Å². The number of carbonyl (C=O) groups excluding carboxylic acids is 2. The van der Waals surface area contributed by atoms with Crippen LogP contribution in [0.5, 0.6) is 0 Å². The Morgan fingerprint density at radius 1 is 1.15 bits per heavy atom. The van der Waals surface area contributed by atoms with Gasteiger partial charge >= 0.3 is 0 Å². The Bertz CT molecular complexity index is 876. The Morgan fingerprint density at radius 2 is 1.85 bits per heavy atom. The van der Waals surface area contributed by atoms with E-state index in [2.05, 4.69) is 10.3 Å². The number of hydrogen-bond donors (Lipinski definition) is 1. The van der Waals surface area contributed by atoms with Gasteiger partial charge in [0.25, 0.3) is 0 Å². The van der Waals surface area contributed by atoms with E-state index < -0.39 is 5.25 Å². The van der Waals surface area contributed by atoms with E-state index in [9.17, 15) is 9.59 Å². The molecular weight excluding hydrogens is 358 g/mol. The summed E-state index contributed by atoms with van der Waals surface area (Å²) in [7, 11) is 0. The van der Waals surface area contributed by atoms with Gasteiger partial charge in [0.05, 0.1) is 5.69 Å². The van der Waals surface area contributed by atoms with Crippen molar-refractivity contribution in [3.63, 3.8) is 0 Å². The number of nitrogens with zero attached hydrogens (tertiary/aromatic N) is 2. The molecule has 0 bridgehead atoms. The predicted molar refractivity (Wildman–Crippen MR) is 109 cm³/mol. The third-order valence-electron chi connectivity index (χ3n) is 4.57. The van der Waals surface area contributed by atoms with E-state index in [0.29, 0.717) is 5.17 Å². The maximum absolute atomic E-state index is 12.9. The fourth-order valence-electron chi connectivity index (χ4n) is 2.99. The van der Waals surface area contributed by atoms with Crippen molar-refractivity contribution in [1.82, 2.24) is 4.90 Å². The number of aliphatic imine (C=N–C) groups is 1. The molecule has 2 aromatic rings. The zero-order chi connectivity index (χ0) is 18.8. The molecule has 1 aliphatic carbocycles. The third kappa shape index (κ3) is 4.22. The van der Waals surface area contributed by atoms with Crippen molar-refractivity contribution < 1.29 is 9.59 Å². The normalized spacial score (nSPS) is 20.9. The molecule has 1 heterocycles. The molecule has 0 aromatic heterocycles. The van der Waals surface area contributed by atoms with Crippen LogP contribution in [0.25, 0.3) is 0 Å². The monoisotopic (exact) mass is 379 g/mol. The van der Waals surface area contributed by atoms with Crippen LogP contribution < -0.4 is 5.32 Å². The van der Waals surface area contributed by atoms with Crippen LogP contribution in [-0.2, 0) is 9.59 Å². The number of anilines is 1. The first-order valence-corrected chi connectivity index (χ1v) is 9.98. The molecule has 1 atom stereocenters. The molecule has 27 heavy (non-hydrogen) atoms. The topological polar surface area (TPSA) is 61.8 Å². The molecule has 2 fully saturated rings. The van der Waals surface area contributed by atoms with Gasteiger partial charge in [-0.05, 0) is 44.0 Å². The van der Waals surface area contributed by atoms with Crippen molar-refractivity contribution in [3.8, 4) is 0 Å². The van der Waals surface area contributed by atoms with Gasteiger partial charge in [0.2, 0.25) is 11.8 Å². The van der Waals surface area contributed by atoms with Crippen LogP contribution in [0.4, 0.5) is 11.4 Å². The highest BCUT2D eigenvalue weighted by molar-refractivity contribution is 8.15. The quantitative estimate of drug-likeness (QED) is 0.850. The Hall–Kier alpha value is -2.60. The molecule has 138 valence electrons. The summed E-state index contributed by atoms with van der Waals surface area (Å²) in [6, 6.07) is 17.5. The average Bonchev–Trinajstić information content (AvgIpc) is 3.44. The van der Waals surface area contributed by atoms with Crippen LogP contribution in [0.15, 0.2) is 59.6 Å². The lowest BCUT2D eigenvalue weighted by molar-refractivity contribution is -0.128. The first-order chi connectivity index (χ1) is 13.1. The molecule has 1 saturated carbocycles. The molecule has 6 heteroatoms. The number of amidine groups is 1. The molecule has 1 saturated heterocycles. The van der Waals surface area contributed by atoms with Crippen LogP contribution >= 0.6 is 11.8 Å². The fourth-order valence-corrected chi connectivity index (χ4v) is 4.21. The number of nitrogens with one attached hydrogen (secondary N) is 1. The predicted octanol–water partition coefficient (Wildman–Crippen LogP) is 4.12. The zero-order valence-electron chi connectivity index (χ0n) is 15.1. The van der Waals surface area contributed by atoms with E-state index in [1.165, 1.54) is 11.8 Å². The second kappa shape index (κ2) is 7.56. The van der Waals surface area contributed by atoms with Gasteiger partial charge in [-0.2, -0.15) is 0 Å². The Balaban J connectivity index is 1.47. The maximum Gasteiger partial charge on any atom is 0.242 e. The molecule has 2 aromatic carbocycles. The number of carbonyl (C=O) groups is 2. The van der Waals surface area contributed by atoms with Crippen LogP contribution in [-0.4, -0.2) is 33.2 Å². The van der Waals surface area contributed by atoms with Gasteiger partial charge in [0, 0.05) is 18.2 Å². The van der Waals surface area contributed by atoms with E-state index in [1.807, 2.05) is 61.5 Å². The lowest BCUT2D eigenvalue weighted by Crippen LogP contribution is -2.35. The molecule has 1 N–H and O–H groups in total. The van der Waals surface area contributed by atoms with Gasteiger partial charge in [-0.15, -0.1) is 0 Å². The first-order valence-electron chi connectivity index (χ1n) is 9.10. The molecular formula is C21H21N3O2S. The Morgan fingerprint density at radius 3 is 2.52 bits per heavy atom. The highest BCUT2D eigenvalue weighted by Crippen LogP contribution is 2.39. The van der Waals surface area contributed by atoms with Crippen LogP contribution in [0.2, 0.25) is 0 Å². The molecule has 1 aliphatic heterocycles. The van der Waals surface area contributed by atoms with Gasteiger partial charge in [0.15, 0.2) is 5.17 Å². The standard InChI is InChI=1S/C21H21N3O2S/c1-14-7-9-16(10-8-14)22-19(25)13-18-20(26)24(17-11-12-17)21(27-18)23-15-5-3-2-4-6-15/h2-10,17-18H,11-13H2,1H3,(H,22,25)/t18-/m1/s1. The lowest BCUT2D eigenvalue weighted by atomic mass is 10.2. The van der Waals surface area contributed by atoms with Crippen molar-refractivity contribution in [3.05, 3.63) is 60.2 Å². The molecule has 5 nitrogen and oxygen atoms in total. The number of aryl methyl sites for hydroxylation is 1. The van der Waals surface area contributed by atoms with Crippen molar-refractivity contribution in [1.29, 1.82) is 0 Å². The molecule has 2 aliphatic rings. The minimum Gasteiger partial charge on any atom is -0.326 e. The van der Waals surface area contributed by atoms with Crippen LogP contribution in [0, 0.1) is 6.92 Å². The van der Waals surface area contributed by atoms with Gasteiger partial charge in [-0.3, -0.25) is 14.5 Å². The van der Waals surface area contributed by atoms with Crippen molar-refractivity contribution in [2.24, 2.45) is 4.99 Å². The van der Waals surface area contributed by atoms with E-state index >= 15 is 0 Å². The van der Waals surface area contributed by atoms with Crippen molar-refractivity contribution >= 4 is 40.1 Å². The van der Waals surface area contributed by atoms with E-state index in [4.69, 9.17) is 0 Å². The lowest BCUT2D eigenvalue weighted by Gasteiger charge is -2.15. The summed E-state index contributed by atoms with van der Waals surface area (Å²) in [5, 5.41) is 3.17. The van der Waals surface area contributed by atoms with Crippen LogP contribution in [0.1, 0.15) is 24.8 Å². The number of hydrogen-bond acceptors (Lipinski definition) is 4. The summed E-state index contributed by atoms with van der Waals surface area (Å²) in [6.07, 6.45) is 2.15. The number of rotatable bonds is 5. The average molecular weight is 379 g/mol. The van der Waals surface area contributed by atoms with Gasteiger partial charge in [-0.1, -0.05) is 47.7 Å². The van der Waals surface area contributed by atoms with Gasteiger partial charge in [0.1, 0.15) is 5.25 Å². The molecule has 0 radical (unpaired) electrons. The highest BCUT2D eigenvalue weighted by Gasteiger charge is 2.46. The maximum atomic E-state index is 12.9. The largest absolute Gasteiger partial charge is 0.326 e. The Kier molecular flexibility index (Phi) is 4.99. The summed E-state index contributed by atoms with van der Waals surface area (Å²) in [5.41, 5.74) is 2.71. The number of amides is 2. The van der Waals surface area contributed by atoms with E-state index in [1.54, 1.807) is 4.90 Å². The molecule has 0 spiro atoms. The first kappa shape index (κ1) is 17.8. The summed E-state index contributed by atoms with van der Waals surface area (Å²) in [4.78, 5) is 31.7. The van der Waals surface area contributed by atoms with Gasteiger partial charge < -0.3 is 5.32 Å². The highest BCUT2D eigenvalue weighted by atomic mass is 32.2. The van der Waals surface area contributed by atoms with Gasteiger partial charge in [-0.25, -0.2) is 4.99 Å². The van der Waals surface area contributed by atoms with Crippen molar-refractivity contribution in [2.75, 3.05) is 5.32 Å². The summed E-state index contributed by atoms with van der Waals surface area (Å²) < 4.78 is 0. The second-order valence-electron chi connectivity index (χ2n) is 6.89. The second-order valence-corrected chi connectivity index (χ2v) is 8.06. The molecule has 4 rings (SSSR count). The summed E-state index contributed by atoms with van der Waals surface area (Å²) in [6.45, 7) is 2.00. The Labute approximate surface area is 162 Å². The smallest absolute Gasteiger partial charge is 0.242 e. The molecule has 2 amide bonds. The number of benzene rings is 2. The minimum atomic E-state index is -0.418. The third-order valence-corrected chi connectivity index (χ3v) is 5.72. The summed E-state index contributed by atoms with van der Waals surface area (Å²) >= 11 is 1.40. The fraction of sp³-hybridized carbons (Fsp3) is 0.286. The zero-order valence-corrected chi connectivity index (χ0v) is 15.9. The number of thioether (sulfide) groups is 1. The van der Waals surface area contributed by atoms with Crippen LogP contribution in [0.3, 0.4) is 0 Å². The molecule has 0 unspecified atom stereocenters. The SMILES string of the molecule is Cc1ccc(NC(=O)C[C@H]2SC(=Nc3ccccc3)N(C3CC3)C2=O)cc1. The number of para-hydroxylation sites is 1. The minimum absolute atomic E-state index is 0.00348. The van der Waals surface area contributed by atoms with Crippen molar-refractivity contribution in [2.45, 2.75) is 37.5 Å². The van der Waals surface area contributed by atoms with E-state index in [0.717, 1.165) is 29.8 Å².